The molecule has 0 aromatic heterocycles. The number of nitrogens with zero attached hydrogens (tertiary/aromatic N) is 1. The van der Waals surface area contributed by atoms with E-state index >= 15 is 0 Å². The van der Waals surface area contributed by atoms with Gasteiger partial charge in [0.25, 0.3) is 0 Å². The van der Waals surface area contributed by atoms with Gasteiger partial charge in [-0.1, -0.05) is 13.8 Å². The number of carboxylic acid groups (broad SMARTS) is 1. The van der Waals surface area contributed by atoms with Gasteiger partial charge in [0, 0.05) is 18.6 Å². The number of carbonyl (C=O) groups excluding carboxylic acids is 1. The van der Waals surface area contributed by atoms with Gasteiger partial charge >= 0.3 is 12.0 Å². The fourth-order valence-electron chi connectivity index (χ4n) is 2.47. The second-order valence-electron chi connectivity index (χ2n) is 5.46. The summed E-state index contributed by atoms with van der Waals surface area (Å²) in [6, 6.07) is -0.396. The molecular formula is C13H25N3O3. The number of hydrogen-bond acceptors (Lipinski definition) is 3. The highest BCUT2D eigenvalue weighted by atomic mass is 16.4. The lowest BCUT2D eigenvalue weighted by Gasteiger charge is -2.35. The third-order valence-corrected chi connectivity index (χ3v) is 3.67. The zero-order valence-corrected chi connectivity index (χ0v) is 12.0. The largest absolute Gasteiger partial charge is 0.481 e. The van der Waals surface area contributed by atoms with E-state index in [0.717, 1.165) is 19.5 Å². The molecule has 3 unspecified atom stereocenters. The Bertz CT molecular complexity index is 322. The van der Waals surface area contributed by atoms with Crippen molar-refractivity contribution in [2.75, 3.05) is 20.1 Å². The topological polar surface area (TPSA) is 81.7 Å². The maximum absolute atomic E-state index is 11.9. The van der Waals surface area contributed by atoms with Crippen molar-refractivity contribution in [2.24, 2.45) is 5.92 Å². The van der Waals surface area contributed by atoms with E-state index in [4.69, 9.17) is 5.11 Å². The Hall–Kier alpha value is -1.30. The molecule has 1 fully saturated rings. The van der Waals surface area contributed by atoms with Crippen LogP contribution in [0.25, 0.3) is 0 Å². The third kappa shape index (κ3) is 5.46. The van der Waals surface area contributed by atoms with Crippen LogP contribution in [0.15, 0.2) is 0 Å². The Balaban J connectivity index is 2.39. The number of rotatable bonds is 5. The number of likely N-dealkylation sites (tertiary alicyclic amines) is 1. The second-order valence-corrected chi connectivity index (χ2v) is 5.46. The number of amides is 2. The van der Waals surface area contributed by atoms with E-state index in [1.807, 2.05) is 6.92 Å². The van der Waals surface area contributed by atoms with Gasteiger partial charge in [0.1, 0.15) is 0 Å². The summed E-state index contributed by atoms with van der Waals surface area (Å²) in [6.45, 7) is 5.93. The fourth-order valence-corrected chi connectivity index (χ4v) is 2.47. The molecule has 1 heterocycles. The summed E-state index contributed by atoms with van der Waals surface area (Å²) in [6.07, 6.45) is 1.51. The first-order valence-electron chi connectivity index (χ1n) is 6.89. The van der Waals surface area contributed by atoms with Crippen LogP contribution < -0.4 is 10.6 Å². The minimum absolute atomic E-state index is 0.0348. The summed E-state index contributed by atoms with van der Waals surface area (Å²) >= 11 is 0. The number of urea groups is 1. The van der Waals surface area contributed by atoms with Gasteiger partial charge in [0.15, 0.2) is 0 Å². The highest BCUT2D eigenvalue weighted by Crippen LogP contribution is 2.15. The van der Waals surface area contributed by atoms with E-state index in [2.05, 4.69) is 29.5 Å². The summed E-state index contributed by atoms with van der Waals surface area (Å²) in [4.78, 5) is 24.8. The second kappa shape index (κ2) is 7.33. The lowest BCUT2D eigenvalue weighted by Crippen LogP contribution is -2.53. The van der Waals surface area contributed by atoms with Crippen molar-refractivity contribution in [2.45, 2.75) is 45.2 Å². The van der Waals surface area contributed by atoms with Crippen LogP contribution in [0.2, 0.25) is 0 Å². The van der Waals surface area contributed by atoms with Crippen LogP contribution in [0, 0.1) is 5.92 Å². The maximum Gasteiger partial charge on any atom is 0.315 e. The number of nitrogens with one attached hydrogen (secondary N) is 2. The lowest BCUT2D eigenvalue weighted by atomic mass is 9.94. The molecule has 0 spiro atoms. The Morgan fingerprint density at radius 3 is 2.68 bits per heavy atom. The van der Waals surface area contributed by atoms with Crippen LogP contribution in [0.4, 0.5) is 4.79 Å². The van der Waals surface area contributed by atoms with Crippen LogP contribution >= 0.6 is 0 Å². The van der Waals surface area contributed by atoms with E-state index in [1.54, 1.807) is 0 Å². The van der Waals surface area contributed by atoms with Crippen LogP contribution in [-0.4, -0.2) is 54.2 Å². The highest BCUT2D eigenvalue weighted by Gasteiger charge is 2.26. The summed E-state index contributed by atoms with van der Waals surface area (Å²) in [5, 5.41) is 14.4. The minimum Gasteiger partial charge on any atom is -0.481 e. The van der Waals surface area contributed by atoms with Gasteiger partial charge in [-0.3, -0.25) is 4.79 Å². The molecule has 1 rings (SSSR count). The van der Waals surface area contributed by atoms with Crippen LogP contribution in [-0.2, 0) is 4.79 Å². The molecule has 0 aromatic rings. The van der Waals surface area contributed by atoms with Crippen LogP contribution in [0.1, 0.15) is 33.1 Å². The number of piperidine rings is 1. The molecule has 110 valence electrons. The van der Waals surface area contributed by atoms with Gasteiger partial charge in [-0.2, -0.15) is 0 Å². The predicted octanol–water partition coefficient (Wildman–Crippen LogP) is 0.879. The molecule has 3 N–H and O–H groups in total. The molecule has 0 saturated carbocycles. The number of aliphatic carboxylic acids is 1. The van der Waals surface area contributed by atoms with Gasteiger partial charge in [-0.05, 0) is 32.4 Å². The molecule has 2 amide bonds. The quantitative estimate of drug-likeness (QED) is 0.693. The first kappa shape index (κ1) is 15.8. The van der Waals surface area contributed by atoms with Gasteiger partial charge in [-0.25, -0.2) is 4.79 Å². The molecule has 0 aromatic carbocycles. The van der Waals surface area contributed by atoms with E-state index in [9.17, 15) is 9.59 Å². The zero-order valence-electron chi connectivity index (χ0n) is 12.0. The van der Waals surface area contributed by atoms with E-state index < -0.39 is 5.97 Å². The molecule has 3 atom stereocenters. The smallest absolute Gasteiger partial charge is 0.315 e. The average Bonchev–Trinajstić information content (AvgIpc) is 2.31. The summed E-state index contributed by atoms with van der Waals surface area (Å²) in [7, 11) is 2.08. The first-order valence-corrected chi connectivity index (χ1v) is 6.89. The van der Waals surface area contributed by atoms with Gasteiger partial charge < -0.3 is 20.6 Å². The maximum atomic E-state index is 11.9. The number of carbonyl (C=O) groups is 2. The minimum atomic E-state index is -0.889. The predicted molar refractivity (Wildman–Crippen MR) is 73.1 cm³/mol. The van der Waals surface area contributed by atoms with Crippen molar-refractivity contribution in [3.63, 3.8) is 0 Å². The molecule has 1 aliphatic heterocycles. The molecule has 6 nitrogen and oxygen atoms in total. The summed E-state index contributed by atoms with van der Waals surface area (Å²) in [5.74, 6) is -0.483. The van der Waals surface area contributed by atoms with Gasteiger partial charge in [0.05, 0.1) is 6.42 Å². The highest BCUT2D eigenvalue weighted by molar-refractivity contribution is 5.76. The van der Waals surface area contributed by atoms with Crippen molar-refractivity contribution >= 4 is 12.0 Å². The molecule has 0 bridgehead atoms. The Kier molecular flexibility index (Phi) is 6.08. The molecular weight excluding hydrogens is 246 g/mol. The monoisotopic (exact) mass is 271 g/mol. The van der Waals surface area contributed by atoms with E-state index in [1.165, 1.54) is 0 Å². The Labute approximate surface area is 114 Å². The number of hydrogen-bond donors (Lipinski definition) is 3. The average molecular weight is 271 g/mol. The number of carboxylic acids is 1. The van der Waals surface area contributed by atoms with Crippen molar-refractivity contribution in [3.05, 3.63) is 0 Å². The van der Waals surface area contributed by atoms with Gasteiger partial charge in [-0.15, -0.1) is 0 Å². The lowest BCUT2D eigenvalue weighted by molar-refractivity contribution is -0.137. The van der Waals surface area contributed by atoms with E-state index in [-0.39, 0.29) is 24.5 Å². The Morgan fingerprint density at radius 1 is 1.47 bits per heavy atom. The summed E-state index contributed by atoms with van der Waals surface area (Å²) < 4.78 is 0. The molecule has 0 aliphatic carbocycles. The molecule has 1 saturated heterocycles. The van der Waals surface area contributed by atoms with E-state index in [0.29, 0.717) is 12.3 Å². The van der Waals surface area contributed by atoms with Gasteiger partial charge in [0.2, 0.25) is 0 Å². The van der Waals surface area contributed by atoms with Crippen molar-refractivity contribution in [1.82, 2.24) is 15.5 Å². The fraction of sp³-hybridized carbons (Fsp3) is 0.846. The molecule has 1 aliphatic rings. The zero-order chi connectivity index (χ0) is 14.4. The first-order chi connectivity index (χ1) is 8.92. The normalized spacial score (nSPS) is 25.6. The summed E-state index contributed by atoms with van der Waals surface area (Å²) in [5.41, 5.74) is 0. The van der Waals surface area contributed by atoms with Crippen LogP contribution in [0.3, 0.4) is 0 Å². The third-order valence-electron chi connectivity index (χ3n) is 3.67. The van der Waals surface area contributed by atoms with Crippen molar-refractivity contribution < 1.29 is 14.7 Å². The molecule has 19 heavy (non-hydrogen) atoms. The molecule has 0 radical (unpaired) electrons. The standard InChI is InChI=1S/C13H25N3O3/c1-4-10(7-12(17)18)14-13(19)15-11-5-6-16(3)8-9(11)2/h9-11H,4-8H2,1-3H3,(H,17,18)(H2,14,15,19). The van der Waals surface area contributed by atoms with Crippen LogP contribution in [0.5, 0.6) is 0 Å². The van der Waals surface area contributed by atoms with Crippen molar-refractivity contribution in [3.8, 4) is 0 Å². The van der Waals surface area contributed by atoms with Crippen molar-refractivity contribution in [1.29, 1.82) is 0 Å². The SMILES string of the molecule is CCC(CC(=O)O)NC(=O)NC1CCN(C)CC1C. The Morgan fingerprint density at radius 2 is 2.16 bits per heavy atom. The molecule has 6 heteroatoms.